The van der Waals surface area contributed by atoms with Crippen LogP contribution in [0.4, 0.5) is 0 Å². The summed E-state index contributed by atoms with van der Waals surface area (Å²) in [6, 6.07) is 7.62. The SMILES string of the molecule is COc1cccc(OCCCN=C(N)N2CCCCC2)c1. The number of ether oxygens (including phenoxy) is 2. The van der Waals surface area contributed by atoms with Gasteiger partial charge in [-0.2, -0.15) is 0 Å². The Labute approximate surface area is 126 Å². The van der Waals surface area contributed by atoms with E-state index in [0.29, 0.717) is 19.1 Å². The summed E-state index contributed by atoms with van der Waals surface area (Å²) in [6.45, 7) is 3.40. The van der Waals surface area contributed by atoms with E-state index in [-0.39, 0.29) is 0 Å². The third-order valence-corrected chi connectivity index (χ3v) is 3.57. The van der Waals surface area contributed by atoms with Gasteiger partial charge in [0, 0.05) is 32.1 Å². The molecule has 5 heteroatoms. The number of aliphatic imine (C=N–C) groups is 1. The van der Waals surface area contributed by atoms with Crippen LogP contribution in [0.15, 0.2) is 29.3 Å². The van der Waals surface area contributed by atoms with E-state index in [1.807, 2.05) is 24.3 Å². The molecule has 2 N–H and O–H groups in total. The van der Waals surface area contributed by atoms with E-state index >= 15 is 0 Å². The molecular formula is C16H25N3O2. The number of methoxy groups -OCH3 is 1. The number of nitrogens with zero attached hydrogens (tertiary/aromatic N) is 2. The molecule has 1 aromatic carbocycles. The maximum absolute atomic E-state index is 6.00. The van der Waals surface area contributed by atoms with Crippen LogP contribution in [0, 0.1) is 0 Å². The number of likely N-dealkylation sites (tertiary alicyclic amines) is 1. The molecule has 1 saturated heterocycles. The highest BCUT2D eigenvalue weighted by Crippen LogP contribution is 2.18. The monoisotopic (exact) mass is 291 g/mol. The molecule has 2 rings (SSSR count). The second kappa shape index (κ2) is 8.39. The summed E-state index contributed by atoms with van der Waals surface area (Å²) >= 11 is 0. The summed E-state index contributed by atoms with van der Waals surface area (Å²) in [6.07, 6.45) is 4.59. The molecule has 1 aliphatic rings. The Balaban J connectivity index is 1.66. The Morgan fingerprint density at radius 3 is 2.76 bits per heavy atom. The Morgan fingerprint density at radius 2 is 2.00 bits per heavy atom. The molecule has 0 spiro atoms. The molecule has 0 unspecified atom stereocenters. The van der Waals surface area contributed by atoms with Crippen molar-refractivity contribution in [2.24, 2.45) is 10.7 Å². The molecule has 1 fully saturated rings. The Bertz CT molecular complexity index is 457. The average molecular weight is 291 g/mol. The lowest BCUT2D eigenvalue weighted by molar-refractivity contribution is 0.309. The van der Waals surface area contributed by atoms with Gasteiger partial charge >= 0.3 is 0 Å². The topological polar surface area (TPSA) is 60.1 Å². The van der Waals surface area contributed by atoms with Crippen LogP contribution in [0.1, 0.15) is 25.7 Å². The summed E-state index contributed by atoms with van der Waals surface area (Å²) < 4.78 is 10.8. The molecule has 0 saturated carbocycles. The number of rotatable bonds is 6. The van der Waals surface area contributed by atoms with E-state index in [1.165, 1.54) is 19.3 Å². The lowest BCUT2D eigenvalue weighted by Crippen LogP contribution is -2.40. The van der Waals surface area contributed by atoms with Crippen LogP contribution in [-0.2, 0) is 0 Å². The Kier molecular flexibility index (Phi) is 6.19. The van der Waals surface area contributed by atoms with Crippen molar-refractivity contribution in [3.8, 4) is 11.5 Å². The van der Waals surface area contributed by atoms with Gasteiger partial charge in [-0.15, -0.1) is 0 Å². The molecule has 0 bridgehead atoms. The third kappa shape index (κ3) is 5.17. The standard InChI is InChI=1S/C16H25N3O2/c1-20-14-7-5-8-15(13-14)21-12-6-9-18-16(17)19-10-3-2-4-11-19/h5,7-8,13H,2-4,6,9-12H2,1H3,(H2,17,18). The van der Waals surface area contributed by atoms with Crippen LogP contribution in [0.5, 0.6) is 11.5 Å². The zero-order chi connectivity index (χ0) is 14.9. The van der Waals surface area contributed by atoms with Crippen LogP contribution in [0.25, 0.3) is 0 Å². The predicted molar refractivity (Wildman–Crippen MR) is 85.0 cm³/mol. The fraction of sp³-hybridized carbons (Fsp3) is 0.562. The maximum Gasteiger partial charge on any atom is 0.191 e. The van der Waals surface area contributed by atoms with Crippen LogP contribution < -0.4 is 15.2 Å². The van der Waals surface area contributed by atoms with Crippen LogP contribution in [0.2, 0.25) is 0 Å². The lowest BCUT2D eigenvalue weighted by Gasteiger charge is -2.27. The molecule has 0 radical (unpaired) electrons. The van der Waals surface area contributed by atoms with Crippen LogP contribution in [0.3, 0.4) is 0 Å². The molecule has 1 aliphatic heterocycles. The molecule has 0 amide bonds. The van der Waals surface area contributed by atoms with Crippen molar-refractivity contribution in [2.75, 3.05) is 33.4 Å². The molecule has 1 aromatic rings. The predicted octanol–water partition coefficient (Wildman–Crippen LogP) is 2.26. The highest BCUT2D eigenvalue weighted by atomic mass is 16.5. The molecular weight excluding hydrogens is 266 g/mol. The van der Waals surface area contributed by atoms with Gasteiger partial charge in [0.1, 0.15) is 11.5 Å². The van der Waals surface area contributed by atoms with E-state index in [9.17, 15) is 0 Å². The minimum atomic E-state index is 0.629. The minimum absolute atomic E-state index is 0.629. The van der Waals surface area contributed by atoms with Gasteiger partial charge in [-0.1, -0.05) is 6.07 Å². The molecule has 1 heterocycles. The fourth-order valence-corrected chi connectivity index (χ4v) is 2.36. The van der Waals surface area contributed by atoms with Crippen molar-refractivity contribution < 1.29 is 9.47 Å². The normalized spacial score (nSPS) is 15.9. The van der Waals surface area contributed by atoms with Gasteiger partial charge in [0.25, 0.3) is 0 Å². The second-order valence-electron chi connectivity index (χ2n) is 5.17. The quantitative estimate of drug-likeness (QED) is 0.496. The minimum Gasteiger partial charge on any atom is -0.497 e. The maximum atomic E-state index is 6.00. The van der Waals surface area contributed by atoms with Crippen molar-refractivity contribution in [2.45, 2.75) is 25.7 Å². The molecule has 0 atom stereocenters. The summed E-state index contributed by atoms with van der Waals surface area (Å²) in [4.78, 5) is 6.60. The summed E-state index contributed by atoms with van der Waals surface area (Å²) in [5.74, 6) is 2.30. The van der Waals surface area contributed by atoms with E-state index in [0.717, 1.165) is 31.0 Å². The van der Waals surface area contributed by atoms with Gasteiger partial charge in [-0.05, 0) is 31.4 Å². The van der Waals surface area contributed by atoms with Crippen molar-refractivity contribution in [1.29, 1.82) is 0 Å². The van der Waals surface area contributed by atoms with Crippen molar-refractivity contribution >= 4 is 5.96 Å². The Morgan fingerprint density at radius 1 is 1.24 bits per heavy atom. The Hall–Kier alpha value is -1.91. The van der Waals surface area contributed by atoms with Crippen LogP contribution in [-0.4, -0.2) is 44.2 Å². The largest absolute Gasteiger partial charge is 0.497 e. The van der Waals surface area contributed by atoms with Gasteiger partial charge in [-0.3, -0.25) is 4.99 Å². The van der Waals surface area contributed by atoms with Crippen molar-refractivity contribution in [3.63, 3.8) is 0 Å². The smallest absolute Gasteiger partial charge is 0.191 e. The zero-order valence-corrected chi connectivity index (χ0v) is 12.8. The van der Waals surface area contributed by atoms with Crippen molar-refractivity contribution in [3.05, 3.63) is 24.3 Å². The van der Waals surface area contributed by atoms with Gasteiger partial charge < -0.3 is 20.1 Å². The molecule has 116 valence electrons. The fourth-order valence-electron chi connectivity index (χ4n) is 2.36. The summed E-state index contributed by atoms with van der Waals surface area (Å²) in [5.41, 5.74) is 6.00. The summed E-state index contributed by atoms with van der Waals surface area (Å²) in [7, 11) is 1.65. The molecule has 0 aromatic heterocycles. The van der Waals surface area contributed by atoms with Gasteiger partial charge in [0.2, 0.25) is 0 Å². The number of hydrogen-bond acceptors (Lipinski definition) is 3. The van der Waals surface area contributed by atoms with Gasteiger partial charge in [-0.25, -0.2) is 0 Å². The number of nitrogens with two attached hydrogens (primary N) is 1. The first-order valence-electron chi connectivity index (χ1n) is 7.61. The number of guanidine groups is 1. The summed E-state index contributed by atoms with van der Waals surface area (Å²) in [5, 5.41) is 0. The molecule has 21 heavy (non-hydrogen) atoms. The highest BCUT2D eigenvalue weighted by Gasteiger charge is 2.11. The van der Waals surface area contributed by atoms with E-state index in [4.69, 9.17) is 15.2 Å². The zero-order valence-electron chi connectivity index (χ0n) is 12.8. The average Bonchev–Trinajstić information content (AvgIpc) is 2.55. The molecule has 5 nitrogen and oxygen atoms in total. The lowest BCUT2D eigenvalue weighted by atomic mass is 10.1. The molecule has 0 aliphatic carbocycles. The number of hydrogen-bond donors (Lipinski definition) is 1. The first-order chi connectivity index (χ1) is 10.3. The highest BCUT2D eigenvalue weighted by molar-refractivity contribution is 5.78. The second-order valence-corrected chi connectivity index (χ2v) is 5.17. The van der Waals surface area contributed by atoms with Crippen LogP contribution >= 0.6 is 0 Å². The number of piperidine rings is 1. The van der Waals surface area contributed by atoms with E-state index in [2.05, 4.69) is 9.89 Å². The first kappa shape index (κ1) is 15.5. The van der Waals surface area contributed by atoms with E-state index in [1.54, 1.807) is 7.11 Å². The van der Waals surface area contributed by atoms with Gasteiger partial charge in [0.05, 0.1) is 13.7 Å². The first-order valence-corrected chi connectivity index (χ1v) is 7.61. The number of benzene rings is 1. The van der Waals surface area contributed by atoms with Gasteiger partial charge in [0.15, 0.2) is 5.96 Å². The van der Waals surface area contributed by atoms with E-state index < -0.39 is 0 Å². The van der Waals surface area contributed by atoms with Crippen molar-refractivity contribution in [1.82, 2.24) is 4.90 Å². The third-order valence-electron chi connectivity index (χ3n) is 3.57.